The molecule has 0 fully saturated rings. The molecule has 2 aromatic carbocycles. The lowest BCUT2D eigenvalue weighted by molar-refractivity contribution is -0.185. The molecule has 0 aliphatic heterocycles. The SMILES string of the molecule is O=C(O)C=Cc1ccc(OC(F)(F)c2ccc(OCCCC(F)(F)F)cc2)cc1. The average molecular weight is 416 g/mol. The molecule has 0 unspecified atom stereocenters. The summed E-state index contributed by atoms with van der Waals surface area (Å²) >= 11 is 0. The van der Waals surface area contributed by atoms with Gasteiger partial charge in [0.2, 0.25) is 0 Å². The highest BCUT2D eigenvalue weighted by Crippen LogP contribution is 2.32. The first-order valence-corrected chi connectivity index (χ1v) is 8.43. The Morgan fingerprint density at radius 2 is 1.52 bits per heavy atom. The number of halogens is 5. The van der Waals surface area contributed by atoms with Gasteiger partial charge in [-0.05, 0) is 54.5 Å². The molecule has 0 heterocycles. The molecule has 0 aliphatic carbocycles. The Labute approximate surface area is 163 Å². The number of benzene rings is 2. The van der Waals surface area contributed by atoms with Crippen molar-refractivity contribution in [3.05, 3.63) is 65.7 Å². The maximum absolute atomic E-state index is 14.3. The molecule has 156 valence electrons. The molecule has 0 aromatic heterocycles. The van der Waals surface area contributed by atoms with Crippen LogP contribution >= 0.6 is 0 Å². The van der Waals surface area contributed by atoms with Crippen molar-refractivity contribution in [1.29, 1.82) is 0 Å². The Bertz CT molecular complexity index is 827. The molecule has 0 spiro atoms. The summed E-state index contributed by atoms with van der Waals surface area (Å²) in [7, 11) is 0. The fourth-order valence-electron chi connectivity index (χ4n) is 2.23. The average Bonchev–Trinajstić information content (AvgIpc) is 2.64. The second-order valence-electron chi connectivity index (χ2n) is 5.95. The zero-order valence-corrected chi connectivity index (χ0v) is 15.0. The predicted octanol–water partition coefficient (Wildman–Crippen LogP) is 5.63. The van der Waals surface area contributed by atoms with E-state index in [0.717, 1.165) is 18.2 Å². The first kappa shape index (κ1) is 22.2. The van der Waals surface area contributed by atoms with Crippen molar-refractivity contribution in [2.75, 3.05) is 6.61 Å². The summed E-state index contributed by atoms with van der Waals surface area (Å²) in [6.07, 6.45) is -6.93. The van der Waals surface area contributed by atoms with Crippen LogP contribution in [-0.4, -0.2) is 23.9 Å². The van der Waals surface area contributed by atoms with Gasteiger partial charge in [-0.2, -0.15) is 22.0 Å². The van der Waals surface area contributed by atoms with E-state index in [1.165, 1.54) is 42.5 Å². The zero-order valence-electron chi connectivity index (χ0n) is 15.0. The smallest absolute Gasteiger partial charge is 0.426 e. The Morgan fingerprint density at radius 1 is 0.931 bits per heavy atom. The van der Waals surface area contributed by atoms with Crippen LogP contribution in [0.25, 0.3) is 6.08 Å². The summed E-state index contributed by atoms with van der Waals surface area (Å²) in [5.41, 5.74) is 0.0325. The van der Waals surface area contributed by atoms with E-state index >= 15 is 0 Å². The lowest BCUT2D eigenvalue weighted by atomic mass is 10.2. The third-order valence-corrected chi connectivity index (χ3v) is 3.61. The first-order valence-electron chi connectivity index (χ1n) is 8.43. The number of carboxylic acid groups (broad SMARTS) is 1. The van der Waals surface area contributed by atoms with Gasteiger partial charge in [-0.25, -0.2) is 4.79 Å². The molecule has 29 heavy (non-hydrogen) atoms. The zero-order chi connectivity index (χ0) is 21.5. The van der Waals surface area contributed by atoms with Crippen molar-refractivity contribution in [1.82, 2.24) is 0 Å². The molecule has 2 aromatic rings. The predicted molar refractivity (Wildman–Crippen MR) is 94.9 cm³/mol. The van der Waals surface area contributed by atoms with E-state index in [-0.39, 0.29) is 24.5 Å². The van der Waals surface area contributed by atoms with E-state index in [2.05, 4.69) is 0 Å². The monoisotopic (exact) mass is 416 g/mol. The Hall–Kier alpha value is -3.10. The van der Waals surface area contributed by atoms with Crippen molar-refractivity contribution in [3.63, 3.8) is 0 Å². The molecule has 0 saturated carbocycles. The van der Waals surface area contributed by atoms with Crippen LogP contribution in [0.4, 0.5) is 22.0 Å². The van der Waals surface area contributed by atoms with Crippen LogP contribution in [0.1, 0.15) is 24.0 Å². The quantitative estimate of drug-likeness (QED) is 0.327. The highest BCUT2D eigenvalue weighted by molar-refractivity contribution is 5.85. The largest absolute Gasteiger partial charge is 0.494 e. The van der Waals surface area contributed by atoms with Crippen molar-refractivity contribution in [3.8, 4) is 11.5 Å². The van der Waals surface area contributed by atoms with E-state index in [9.17, 15) is 26.7 Å². The number of alkyl halides is 5. The van der Waals surface area contributed by atoms with Crippen LogP contribution in [0.5, 0.6) is 11.5 Å². The topological polar surface area (TPSA) is 55.8 Å². The molecule has 1 N–H and O–H groups in total. The van der Waals surface area contributed by atoms with Crippen LogP contribution in [0.3, 0.4) is 0 Å². The van der Waals surface area contributed by atoms with Gasteiger partial charge < -0.3 is 14.6 Å². The highest BCUT2D eigenvalue weighted by Gasteiger charge is 2.34. The second-order valence-corrected chi connectivity index (χ2v) is 5.95. The van der Waals surface area contributed by atoms with Crippen molar-refractivity contribution >= 4 is 12.0 Å². The van der Waals surface area contributed by atoms with Crippen molar-refractivity contribution in [2.24, 2.45) is 0 Å². The van der Waals surface area contributed by atoms with Crippen LogP contribution in [-0.2, 0) is 10.9 Å². The summed E-state index contributed by atoms with van der Waals surface area (Å²) < 4.78 is 74.6. The van der Waals surface area contributed by atoms with Gasteiger partial charge in [-0.3, -0.25) is 0 Å². The van der Waals surface area contributed by atoms with E-state index in [1.807, 2.05) is 0 Å². The number of hydrogen-bond acceptors (Lipinski definition) is 3. The van der Waals surface area contributed by atoms with Gasteiger partial charge in [0, 0.05) is 12.5 Å². The standard InChI is InChI=1S/C20H17F5O4/c21-19(22,23)12-1-13-28-16-9-5-15(6-10-16)20(24,25)29-17-7-2-14(3-8-17)4-11-18(26)27/h2-11H,1,12-13H2,(H,26,27). The first-order chi connectivity index (χ1) is 13.5. The summed E-state index contributed by atoms with van der Waals surface area (Å²) in [4.78, 5) is 10.5. The van der Waals surface area contributed by atoms with Gasteiger partial charge in [0.05, 0.1) is 12.2 Å². The van der Waals surface area contributed by atoms with E-state index < -0.39 is 30.2 Å². The fourth-order valence-corrected chi connectivity index (χ4v) is 2.23. The van der Waals surface area contributed by atoms with Gasteiger partial charge in [-0.15, -0.1) is 0 Å². The Balaban J connectivity index is 1.94. The molecule has 4 nitrogen and oxygen atoms in total. The molecular formula is C20H17F5O4. The number of rotatable bonds is 9. The second kappa shape index (κ2) is 9.40. The number of hydrogen-bond donors (Lipinski definition) is 1. The fraction of sp³-hybridized carbons (Fsp3) is 0.250. The molecule has 0 saturated heterocycles. The van der Waals surface area contributed by atoms with Gasteiger partial charge in [0.1, 0.15) is 11.5 Å². The normalized spacial score (nSPS) is 12.2. The molecule has 0 aliphatic rings. The van der Waals surface area contributed by atoms with Gasteiger partial charge in [0.15, 0.2) is 0 Å². The Kier molecular flexibility index (Phi) is 7.19. The number of ether oxygens (including phenoxy) is 2. The van der Waals surface area contributed by atoms with E-state index in [0.29, 0.717) is 5.56 Å². The van der Waals surface area contributed by atoms with Crippen LogP contribution in [0.2, 0.25) is 0 Å². The lowest BCUT2D eigenvalue weighted by Gasteiger charge is -2.18. The summed E-state index contributed by atoms with van der Waals surface area (Å²) in [5, 5.41) is 8.56. The van der Waals surface area contributed by atoms with Gasteiger partial charge >= 0.3 is 18.3 Å². The minimum absolute atomic E-state index is 0.130. The lowest BCUT2D eigenvalue weighted by Crippen LogP contribution is -2.21. The van der Waals surface area contributed by atoms with Gasteiger partial charge in [0.25, 0.3) is 0 Å². The molecule has 0 amide bonds. The molecule has 0 atom stereocenters. The third-order valence-electron chi connectivity index (χ3n) is 3.61. The third kappa shape index (κ3) is 7.81. The summed E-state index contributed by atoms with van der Waals surface area (Å²) in [6.45, 7) is -0.186. The highest BCUT2D eigenvalue weighted by atomic mass is 19.4. The van der Waals surface area contributed by atoms with E-state index in [1.54, 1.807) is 0 Å². The molecule has 0 bridgehead atoms. The van der Waals surface area contributed by atoms with Crippen LogP contribution in [0.15, 0.2) is 54.6 Å². The van der Waals surface area contributed by atoms with Crippen molar-refractivity contribution < 1.29 is 41.3 Å². The molecule has 9 heteroatoms. The maximum atomic E-state index is 14.3. The van der Waals surface area contributed by atoms with Crippen LogP contribution < -0.4 is 9.47 Å². The molecule has 0 radical (unpaired) electrons. The summed E-state index contributed by atoms with van der Waals surface area (Å²) in [6, 6.07) is 9.94. The molecule has 2 rings (SSSR count). The van der Waals surface area contributed by atoms with Crippen molar-refractivity contribution in [2.45, 2.75) is 25.1 Å². The minimum Gasteiger partial charge on any atom is -0.494 e. The maximum Gasteiger partial charge on any atom is 0.426 e. The molecular weight excluding hydrogens is 399 g/mol. The van der Waals surface area contributed by atoms with Crippen LogP contribution in [0, 0.1) is 0 Å². The number of carbonyl (C=O) groups is 1. The summed E-state index contributed by atoms with van der Waals surface area (Å²) in [5.74, 6) is -1.10. The Morgan fingerprint density at radius 3 is 2.07 bits per heavy atom. The number of carboxylic acids is 1. The van der Waals surface area contributed by atoms with E-state index in [4.69, 9.17) is 14.6 Å². The number of aliphatic carboxylic acids is 1. The minimum atomic E-state index is -4.27. The van der Waals surface area contributed by atoms with Gasteiger partial charge in [-0.1, -0.05) is 12.1 Å².